The smallest absolute Gasteiger partial charge is 0.316 e. The van der Waals surface area contributed by atoms with Crippen molar-refractivity contribution in [3.8, 4) is 11.5 Å². The summed E-state index contributed by atoms with van der Waals surface area (Å²) in [5, 5.41) is 9.39. The van der Waals surface area contributed by atoms with Crippen molar-refractivity contribution in [2.24, 2.45) is 5.92 Å². The lowest BCUT2D eigenvalue weighted by molar-refractivity contribution is -0.121. The Balaban J connectivity index is 1.19. The highest BCUT2D eigenvalue weighted by Gasteiger charge is 2.29. The maximum Gasteiger partial charge on any atom is 0.316 e. The van der Waals surface area contributed by atoms with Crippen molar-refractivity contribution in [3.63, 3.8) is 0 Å². The number of pyridine rings is 1. The van der Waals surface area contributed by atoms with Gasteiger partial charge in [-0.25, -0.2) is 0 Å². The van der Waals surface area contributed by atoms with Gasteiger partial charge in [-0.3, -0.25) is 14.6 Å². The lowest BCUT2D eigenvalue weighted by Gasteiger charge is -2.37. The Labute approximate surface area is 211 Å². The molecule has 0 radical (unpaired) electrons. The zero-order chi connectivity index (χ0) is 25.3. The summed E-state index contributed by atoms with van der Waals surface area (Å²) in [6, 6.07) is 16.6. The van der Waals surface area contributed by atoms with Gasteiger partial charge in [-0.15, -0.1) is 0 Å². The van der Waals surface area contributed by atoms with Crippen molar-refractivity contribution in [1.29, 1.82) is 0 Å². The molecule has 0 saturated heterocycles. The van der Waals surface area contributed by atoms with E-state index < -0.39 is 5.91 Å². The number of aromatic nitrogens is 3. The van der Waals surface area contributed by atoms with E-state index in [0.29, 0.717) is 17.7 Å². The van der Waals surface area contributed by atoms with Crippen molar-refractivity contribution in [2.75, 3.05) is 20.6 Å². The Hall–Kier alpha value is -3.59. The molecule has 1 saturated carbocycles. The molecule has 1 aliphatic carbocycles. The van der Waals surface area contributed by atoms with Gasteiger partial charge in [0, 0.05) is 18.3 Å². The SMILES string of the molecule is CN(C)C(CCc1ccccc1)C1CCC(NC(=O)CNC(=O)c2nc(-c3ccccn3)no2)CC1. The maximum absolute atomic E-state index is 12.4. The highest BCUT2D eigenvalue weighted by Crippen LogP contribution is 2.31. The number of hydrogen-bond acceptors (Lipinski definition) is 7. The number of benzene rings is 1. The van der Waals surface area contributed by atoms with Crippen LogP contribution in [0.15, 0.2) is 59.3 Å². The fourth-order valence-electron chi connectivity index (χ4n) is 4.95. The Kier molecular flexibility index (Phi) is 8.78. The number of nitrogens with zero attached hydrogens (tertiary/aromatic N) is 4. The Morgan fingerprint density at radius 1 is 1.06 bits per heavy atom. The third-order valence-corrected chi connectivity index (χ3v) is 6.84. The van der Waals surface area contributed by atoms with Gasteiger partial charge in [0.1, 0.15) is 5.69 Å². The Bertz CT molecular complexity index is 1110. The first-order valence-electron chi connectivity index (χ1n) is 12.5. The highest BCUT2D eigenvalue weighted by atomic mass is 16.5. The van der Waals surface area contributed by atoms with Gasteiger partial charge in [-0.2, -0.15) is 4.98 Å². The van der Waals surface area contributed by atoms with E-state index in [1.54, 1.807) is 24.4 Å². The van der Waals surface area contributed by atoms with Gasteiger partial charge in [-0.1, -0.05) is 41.6 Å². The zero-order valence-corrected chi connectivity index (χ0v) is 20.9. The van der Waals surface area contributed by atoms with Crippen molar-refractivity contribution in [1.82, 2.24) is 30.7 Å². The molecule has 2 amide bonds. The van der Waals surface area contributed by atoms with Gasteiger partial charge >= 0.3 is 11.8 Å². The molecule has 190 valence electrons. The molecule has 0 spiro atoms. The zero-order valence-electron chi connectivity index (χ0n) is 20.9. The molecular weight excluding hydrogens is 456 g/mol. The van der Waals surface area contributed by atoms with Crippen LogP contribution < -0.4 is 10.6 Å². The van der Waals surface area contributed by atoms with Crippen LogP contribution in [0.25, 0.3) is 11.5 Å². The molecule has 2 aromatic heterocycles. The Morgan fingerprint density at radius 3 is 2.50 bits per heavy atom. The summed E-state index contributed by atoms with van der Waals surface area (Å²) in [6.45, 7) is -0.141. The molecule has 9 nitrogen and oxygen atoms in total. The summed E-state index contributed by atoms with van der Waals surface area (Å²) in [4.78, 5) is 35.3. The van der Waals surface area contributed by atoms with Crippen LogP contribution in [0.2, 0.25) is 0 Å². The molecule has 0 bridgehead atoms. The minimum atomic E-state index is -0.587. The van der Waals surface area contributed by atoms with Crippen LogP contribution in [0, 0.1) is 5.92 Å². The molecule has 1 fully saturated rings. The van der Waals surface area contributed by atoms with Crippen LogP contribution >= 0.6 is 0 Å². The highest BCUT2D eigenvalue weighted by molar-refractivity contribution is 5.93. The number of carbonyl (C=O) groups is 2. The number of nitrogens with one attached hydrogen (secondary N) is 2. The normalized spacial score (nSPS) is 18.5. The predicted molar refractivity (Wildman–Crippen MR) is 136 cm³/mol. The van der Waals surface area contributed by atoms with Gasteiger partial charge < -0.3 is 20.1 Å². The quantitative estimate of drug-likeness (QED) is 0.449. The predicted octanol–water partition coefficient (Wildman–Crippen LogP) is 3.10. The van der Waals surface area contributed by atoms with Crippen LogP contribution in [-0.2, 0) is 11.2 Å². The topological polar surface area (TPSA) is 113 Å². The number of amides is 2. The standard InChI is InChI=1S/C27H34N6O3/c1-33(2)23(16-11-19-8-4-3-5-9-19)20-12-14-21(15-13-20)30-24(34)18-29-26(35)27-31-25(32-36-27)22-10-6-7-17-28-22/h3-10,17,20-21,23H,11-16,18H2,1-2H3,(H,29,35)(H,30,34). The maximum atomic E-state index is 12.4. The molecule has 1 aromatic carbocycles. The summed E-state index contributed by atoms with van der Waals surface area (Å²) >= 11 is 0. The van der Waals surface area contributed by atoms with Crippen LogP contribution in [0.3, 0.4) is 0 Å². The van der Waals surface area contributed by atoms with E-state index in [9.17, 15) is 9.59 Å². The van der Waals surface area contributed by atoms with Crippen molar-refractivity contribution >= 4 is 11.8 Å². The van der Waals surface area contributed by atoms with E-state index in [1.807, 2.05) is 0 Å². The van der Waals surface area contributed by atoms with Crippen LogP contribution in [0.4, 0.5) is 0 Å². The summed E-state index contributed by atoms with van der Waals surface area (Å²) in [7, 11) is 4.32. The fourth-order valence-corrected chi connectivity index (χ4v) is 4.95. The molecule has 1 unspecified atom stereocenters. The van der Waals surface area contributed by atoms with Gasteiger partial charge in [0.25, 0.3) is 0 Å². The van der Waals surface area contributed by atoms with Crippen LogP contribution in [-0.4, -0.2) is 64.6 Å². The number of carbonyl (C=O) groups excluding carboxylic acids is 2. The number of rotatable bonds is 10. The first-order chi connectivity index (χ1) is 17.5. The number of aryl methyl sites for hydroxylation is 1. The second kappa shape index (κ2) is 12.4. The van der Waals surface area contributed by atoms with Crippen molar-refractivity contribution in [3.05, 3.63) is 66.2 Å². The summed E-state index contributed by atoms with van der Waals surface area (Å²) < 4.78 is 5.02. The number of hydrogen-bond donors (Lipinski definition) is 2. The molecule has 0 aliphatic heterocycles. The molecule has 3 aromatic rings. The summed E-state index contributed by atoms with van der Waals surface area (Å²) in [6.07, 6.45) is 7.84. The second-order valence-electron chi connectivity index (χ2n) is 9.56. The fraction of sp³-hybridized carbons (Fsp3) is 0.444. The minimum absolute atomic E-state index is 0.127. The molecule has 9 heteroatoms. The average Bonchev–Trinajstić information content (AvgIpc) is 3.40. The molecule has 1 atom stereocenters. The molecule has 2 N–H and O–H groups in total. The van der Waals surface area contributed by atoms with Crippen LogP contribution in [0.5, 0.6) is 0 Å². The van der Waals surface area contributed by atoms with E-state index in [0.717, 1.165) is 38.5 Å². The van der Waals surface area contributed by atoms with E-state index in [2.05, 4.69) is 75.1 Å². The molecule has 2 heterocycles. The lowest BCUT2D eigenvalue weighted by atomic mass is 9.79. The van der Waals surface area contributed by atoms with Crippen molar-refractivity contribution < 1.29 is 14.1 Å². The van der Waals surface area contributed by atoms with Crippen molar-refractivity contribution in [2.45, 2.75) is 50.6 Å². The monoisotopic (exact) mass is 490 g/mol. The molecule has 1 aliphatic rings. The molecule has 36 heavy (non-hydrogen) atoms. The van der Waals surface area contributed by atoms with E-state index in [4.69, 9.17) is 4.52 Å². The molecule has 4 rings (SSSR count). The minimum Gasteiger partial charge on any atom is -0.352 e. The van der Waals surface area contributed by atoms with Gasteiger partial charge in [-0.05, 0) is 76.2 Å². The van der Waals surface area contributed by atoms with E-state index in [1.165, 1.54) is 5.56 Å². The molecular formula is C27H34N6O3. The third-order valence-electron chi connectivity index (χ3n) is 6.84. The lowest BCUT2D eigenvalue weighted by Crippen LogP contribution is -2.45. The average molecular weight is 491 g/mol. The van der Waals surface area contributed by atoms with Gasteiger partial charge in [0.15, 0.2) is 0 Å². The van der Waals surface area contributed by atoms with Gasteiger partial charge in [0.2, 0.25) is 11.7 Å². The third kappa shape index (κ3) is 6.97. The first-order valence-corrected chi connectivity index (χ1v) is 12.5. The van der Waals surface area contributed by atoms with Crippen LogP contribution in [0.1, 0.15) is 48.4 Å². The largest absolute Gasteiger partial charge is 0.352 e. The Morgan fingerprint density at radius 2 is 1.81 bits per heavy atom. The second-order valence-corrected chi connectivity index (χ2v) is 9.56. The van der Waals surface area contributed by atoms with E-state index in [-0.39, 0.29) is 30.2 Å². The summed E-state index contributed by atoms with van der Waals surface area (Å²) in [5.74, 6) is -0.168. The van der Waals surface area contributed by atoms with Gasteiger partial charge in [0.05, 0.1) is 6.54 Å². The van der Waals surface area contributed by atoms with E-state index >= 15 is 0 Å². The first kappa shape index (κ1) is 25.5. The summed E-state index contributed by atoms with van der Waals surface area (Å²) in [5.41, 5.74) is 1.88.